The van der Waals surface area contributed by atoms with Gasteiger partial charge in [-0.25, -0.2) is 0 Å². The minimum absolute atomic E-state index is 0.0764. The van der Waals surface area contributed by atoms with Crippen molar-refractivity contribution >= 4 is 11.9 Å². The molecule has 0 aliphatic carbocycles. The second-order valence-electron chi connectivity index (χ2n) is 3.79. The molecular formula is C10H12N2O3. The molecule has 0 N–H and O–H groups in total. The predicted molar refractivity (Wildman–Crippen MR) is 51.0 cm³/mol. The maximum Gasteiger partial charge on any atom is 0.314 e. The average molecular weight is 208 g/mol. The van der Waals surface area contributed by atoms with E-state index in [0.29, 0.717) is 0 Å². The average Bonchev–Trinajstić information content (AvgIpc) is 2.43. The molecule has 0 aromatic carbocycles. The Balaban J connectivity index is 2.27. The third-order valence-electron chi connectivity index (χ3n) is 2.55. The normalized spacial score (nSPS) is 18.0. The van der Waals surface area contributed by atoms with Crippen LogP contribution in [0.3, 0.4) is 0 Å². The van der Waals surface area contributed by atoms with E-state index < -0.39 is 11.9 Å². The highest BCUT2D eigenvalue weighted by Crippen LogP contribution is 2.29. The molecule has 0 saturated carbocycles. The molecule has 2 heterocycles. The van der Waals surface area contributed by atoms with Gasteiger partial charge in [0.1, 0.15) is 0 Å². The van der Waals surface area contributed by atoms with Crippen molar-refractivity contribution in [2.45, 2.75) is 25.7 Å². The van der Waals surface area contributed by atoms with Crippen molar-refractivity contribution in [3.05, 3.63) is 17.5 Å². The Morgan fingerprint density at radius 3 is 2.47 bits per heavy atom. The Morgan fingerprint density at radius 2 is 2.00 bits per heavy atom. The van der Waals surface area contributed by atoms with Gasteiger partial charge in [-0.15, -0.1) is 0 Å². The molecule has 5 nitrogen and oxygen atoms in total. The Bertz CT molecular complexity index is 406. The summed E-state index contributed by atoms with van der Waals surface area (Å²) in [6.07, 6.45) is 2.38. The van der Waals surface area contributed by atoms with Crippen molar-refractivity contribution in [1.82, 2.24) is 9.78 Å². The number of carbonyl (C=O) groups is 2. The lowest BCUT2D eigenvalue weighted by Crippen LogP contribution is -2.24. The van der Waals surface area contributed by atoms with Gasteiger partial charge in [-0.2, -0.15) is 5.10 Å². The van der Waals surface area contributed by atoms with Gasteiger partial charge in [0.05, 0.1) is 18.5 Å². The molecule has 1 aromatic heterocycles. The van der Waals surface area contributed by atoms with Crippen molar-refractivity contribution < 1.29 is 14.3 Å². The van der Waals surface area contributed by atoms with E-state index in [9.17, 15) is 9.59 Å². The van der Waals surface area contributed by atoms with E-state index >= 15 is 0 Å². The van der Waals surface area contributed by atoms with Gasteiger partial charge in [0.2, 0.25) is 0 Å². The van der Waals surface area contributed by atoms with Gasteiger partial charge in [0.25, 0.3) is 0 Å². The molecule has 2 rings (SSSR count). The van der Waals surface area contributed by atoms with Crippen LogP contribution in [0.15, 0.2) is 6.20 Å². The molecular weight excluding hydrogens is 196 g/mol. The molecule has 80 valence electrons. The molecule has 0 bridgehead atoms. The molecule has 5 heteroatoms. The summed E-state index contributed by atoms with van der Waals surface area (Å²) in [5, 5.41) is 4.19. The van der Waals surface area contributed by atoms with Gasteiger partial charge in [0.15, 0.2) is 0 Å². The van der Waals surface area contributed by atoms with E-state index in [0.717, 1.165) is 11.3 Å². The second-order valence-corrected chi connectivity index (χ2v) is 3.79. The van der Waals surface area contributed by atoms with Crippen molar-refractivity contribution in [1.29, 1.82) is 0 Å². The van der Waals surface area contributed by atoms with Crippen LogP contribution in [-0.4, -0.2) is 21.7 Å². The SMILES string of the molecule is Cc1nn(C)cc1C1CC(=O)OC(=O)C1. The maximum atomic E-state index is 11.1. The molecule has 15 heavy (non-hydrogen) atoms. The van der Waals surface area contributed by atoms with Crippen LogP contribution in [0.25, 0.3) is 0 Å². The predicted octanol–water partition coefficient (Wildman–Crippen LogP) is 0.676. The first-order valence-electron chi connectivity index (χ1n) is 4.80. The van der Waals surface area contributed by atoms with E-state index in [1.807, 2.05) is 20.2 Å². The topological polar surface area (TPSA) is 61.2 Å². The first kappa shape index (κ1) is 9.89. The fourth-order valence-corrected chi connectivity index (χ4v) is 1.92. The lowest BCUT2D eigenvalue weighted by atomic mass is 9.92. The van der Waals surface area contributed by atoms with Crippen LogP contribution in [0, 0.1) is 6.92 Å². The number of aromatic nitrogens is 2. The summed E-state index contributed by atoms with van der Waals surface area (Å²) in [6, 6.07) is 0. The summed E-state index contributed by atoms with van der Waals surface area (Å²) >= 11 is 0. The maximum absolute atomic E-state index is 11.1. The van der Waals surface area contributed by atoms with Gasteiger partial charge in [-0.05, 0) is 12.5 Å². The van der Waals surface area contributed by atoms with Gasteiger partial charge in [0, 0.05) is 19.2 Å². The summed E-state index contributed by atoms with van der Waals surface area (Å²) in [7, 11) is 1.82. The lowest BCUT2D eigenvalue weighted by Gasteiger charge is -2.18. The summed E-state index contributed by atoms with van der Waals surface area (Å²) in [4.78, 5) is 22.2. The third-order valence-corrected chi connectivity index (χ3v) is 2.55. The van der Waals surface area contributed by atoms with Gasteiger partial charge < -0.3 is 4.74 Å². The zero-order valence-electron chi connectivity index (χ0n) is 8.69. The van der Waals surface area contributed by atoms with Gasteiger partial charge >= 0.3 is 11.9 Å². The molecule has 1 aromatic rings. The number of ether oxygens (including phenoxy) is 1. The largest absolute Gasteiger partial charge is 0.393 e. The number of hydrogen-bond acceptors (Lipinski definition) is 4. The second kappa shape index (κ2) is 3.49. The number of esters is 2. The Morgan fingerprint density at radius 1 is 1.40 bits per heavy atom. The van der Waals surface area contributed by atoms with Crippen molar-refractivity contribution in [2.75, 3.05) is 0 Å². The highest BCUT2D eigenvalue weighted by Gasteiger charge is 2.30. The minimum Gasteiger partial charge on any atom is -0.393 e. The number of nitrogens with zero attached hydrogens (tertiary/aromatic N) is 2. The molecule has 0 atom stereocenters. The van der Waals surface area contributed by atoms with Gasteiger partial charge in [-0.1, -0.05) is 0 Å². The summed E-state index contributed by atoms with van der Waals surface area (Å²) < 4.78 is 6.17. The molecule has 1 aliphatic rings. The molecule has 0 radical (unpaired) electrons. The summed E-state index contributed by atoms with van der Waals surface area (Å²) in [6.45, 7) is 1.87. The van der Waals surface area contributed by atoms with Crippen LogP contribution in [0.4, 0.5) is 0 Å². The Kier molecular flexibility index (Phi) is 2.30. The zero-order chi connectivity index (χ0) is 11.0. The smallest absolute Gasteiger partial charge is 0.314 e. The van der Waals surface area contributed by atoms with Crippen LogP contribution >= 0.6 is 0 Å². The standard InChI is InChI=1S/C10H12N2O3/c1-6-8(5-12(2)11-6)7-3-9(13)15-10(14)4-7/h5,7H,3-4H2,1-2H3. The van der Waals surface area contributed by atoms with Crippen molar-refractivity contribution in [3.63, 3.8) is 0 Å². The Labute approximate surface area is 87.0 Å². The van der Waals surface area contributed by atoms with Crippen molar-refractivity contribution in [3.8, 4) is 0 Å². The highest BCUT2D eigenvalue weighted by atomic mass is 16.6. The fraction of sp³-hybridized carbons (Fsp3) is 0.500. The highest BCUT2D eigenvalue weighted by molar-refractivity contribution is 5.89. The summed E-state index contributed by atoms with van der Waals surface area (Å²) in [5.74, 6) is -0.966. The fourth-order valence-electron chi connectivity index (χ4n) is 1.92. The summed E-state index contributed by atoms with van der Waals surface area (Å²) in [5.41, 5.74) is 1.83. The zero-order valence-corrected chi connectivity index (χ0v) is 8.69. The van der Waals surface area contributed by atoms with Crippen LogP contribution in [0.5, 0.6) is 0 Å². The molecule has 0 amide bonds. The van der Waals surface area contributed by atoms with Gasteiger partial charge in [-0.3, -0.25) is 14.3 Å². The first-order chi connectivity index (χ1) is 7.06. The van der Waals surface area contributed by atoms with E-state index in [2.05, 4.69) is 9.84 Å². The monoisotopic (exact) mass is 208 g/mol. The number of aryl methyl sites for hydroxylation is 2. The Hall–Kier alpha value is -1.65. The number of carbonyl (C=O) groups excluding carboxylic acids is 2. The van der Waals surface area contributed by atoms with E-state index in [-0.39, 0.29) is 18.8 Å². The molecule has 0 unspecified atom stereocenters. The van der Waals surface area contributed by atoms with E-state index in [1.54, 1.807) is 4.68 Å². The molecule has 1 aliphatic heterocycles. The van der Waals surface area contributed by atoms with Crippen LogP contribution in [0.1, 0.15) is 30.0 Å². The minimum atomic E-state index is -0.445. The molecule has 1 fully saturated rings. The lowest BCUT2D eigenvalue weighted by molar-refractivity contribution is -0.163. The third kappa shape index (κ3) is 1.91. The molecule has 0 spiro atoms. The number of cyclic esters (lactones) is 2. The van der Waals surface area contributed by atoms with E-state index in [1.165, 1.54) is 0 Å². The number of hydrogen-bond donors (Lipinski definition) is 0. The van der Waals surface area contributed by atoms with Crippen LogP contribution < -0.4 is 0 Å². The first-order valence-corrected chi connectivity index (χ1v) is 4.80. The van der Waals surface area contributed by atoms with Crippen LogP contribution in [0.2, 0.25) is 0 Å². The molecule has 1 saturated heterocycles. The quantitative estimate of drug-likeness (QED) is 0.503. The number of rotatable bonds is 1. The van der Waals surface area contributed by atoms with Crippen molar-refractivity contribution in [2.24, 2.45) is 7.05 Å². The van der Waals surface area contributed by atoms with Crippen LogP contribution in [-0.2, 0) is 21.4 Å². The van der Waals surface area contributed by atoms with E-state index in [4.69, 9.17) is 0 Å².